The molecule has 0 bridgehead atoms. The van der Waals surface area contributed by atoms with E-state index in [9.17, 15) is 40.3 Å². The Morgan fingerprint density at radius 2 is 1.14 bits per heavy atom. The summed E-state index contributed by atoms with van der Waals surface area (Å²) in [6.45, 7) is 8.59. The van der Waals surface area contributed by atoms with Crippen LogP contribution in [-0.4, -0.2) is 185 Å². The van der Waals surface area contributed by atoms with Crippen molar-refractivity contribution in [3.63, 3.8) is 0 Å². The summed E-state index contributed by atoms with van der Waals surface area (Å²) in [6.07, 6.45) is -1.17. The Balaban J connectivity index is 0.884. The van der Waals surface area contributed by atoms with Gasteiger partial charge in [-0.25, -0.2) is 13.8 Å². The van der Waals surface area contributed by atoms with Gasteiger partial charge < -0.3 is 62.7 Å². The molecule has 4 rings (SSSR count). The number of halogens is 7. The Hall–Kier alpha value is -4.71. The lowest BCUT2D eigenvalue weighted by Gasteiger charge is -2.25. The molecule has 3 heterocycles. The Kier molecular flexibility index (Phi) is 30.6. The first kappa shape index (κ1) is 63.8. The molecule has 1 aliphatic rings. The van der Waals surface area contributed by atoms with Gasteiger partial charge in [0, 0.05) is 50.4 Å². The number of rotatable bonds is 41. The Labute approximate surface area is 441 Å². The number of fused-ring (bicyclic) bond motifs is 1. The predicted molar refractivity (Wildman–Crippen MR) is 264 cm³/mol. The largest absolute Gasteiger partial charge is 0.420 e. The van der Waals surface area contributed by atoms with Crippen LogP contribution < -0.4 is 10.5 Å². The van der Waals surface area contributed by atoms with E-state index in [2.05, 4.69) is 14.7 Å². The fourth-order valence-corrected chi connectivity index (χ4v) is 7.58. The lowest BCUT2D eigenvalue weighted by molar-refractivity contribution is -0.139. The van der Waals surface area contributed by atoms with E-state index in [1.807, 2.05) is 18.4 Å². The number of thiophene rings is 1. The first-order chi connectivity index (χ1) is 36.7. The molecular formula is C50H68F7N5O13S. The van der Waals surface area contributed by atoms with Gasteiger partial charge in [-0.05, 0) is 42.6 Å². The number of carbonyl (C=O) groups is 2. The maximum atomic E-state index is 14.3. The first-order valence-electron chi connectivity index (χ1n) is 24.6. The molecule has 1 aromatic carbocycles. The summed E-state index contributed by atoms with van der Waals surface area (Å²) < 4.78 is 155. The second-order valence-electron chi connectivity index (χ2n) is 16.6. The number of amidine groups is 1. The molecule has 3 aromatic rings. The summed E-state index contributed by atoms with van der Waals surface area (Å²) in [5, 5.41) is 1.85. The van der Waals surface area contributed by atoms with Crippen molar-refractivity contribution in [1.82, 2.24) is 14.8 Å². The van der Waals surface area contributed by atoms with Gasteiger partial charge in [-0.3, -0.25) is 19.5 Å². The van der Waals surface area contributed by atoms with Gasteiger partial charge in [0.25, 0.3) is 5.91 Å². The third-order valence-electron chi connectivity index (χ3n) is 10.5. The molecular weight excluding hydrogens is 1040 g/mol. The molecule has 0 saturated carbocycles. The predicted octanol–water partition coefficient (Wildman–Crippen LogP) is 6.53. The molecule has 2 aromatic heterocycles. The van der Waals surface area contributed by atoms with Gasteiger partial charge in [0.1, 0.15) is 5.84 Å². The van der Waals surface area contributed by atoms with Crippen molar-refractivity contribution in [2.24, 2.45) is 10.7 Å². The van der Waals surface area contributed by atoms with Crippen LogP contribution in [0.4, 0.5) is 36.4 Å². The first-order valence-corrected chi connectivity index (χ1v) is 25.5. The van der Waals surface area contributed by atoms with Crippen LogP contribution in [0.1, 0.15) is 47.9 Å². The van der Waals surface area contributed by atoms with Crippen molar-refractivity contribution in [1.29, 1.82) is 0 Å². The van der Waals surface area contributed by atoms with Gasteiger partial charge in [0.15, 0.2) is 11.6 Å². The number of nitrogens with zero attached hydrogens (tertiary/aromatic N) is 4. The number of hydrogen-bond donors (Lipinski definition) is 1. The number of carbonyl (C=O) groups excluding carboxylic acids is 2. The van der Waals surface area contributed by atoms with E-state index in [-0.39, 0.29) is 81.6 Å². The average Bonchev–Trinajstić information content (AvgIpc) is 3.75. The molecule has 26 heteroatoms. The van der Waals surface area contributed by atoms with Gasteiger partial charge >= 0.3 is 12.1 Å². The molecule has 0 fully saturated rings. The smallest absolute Gasteiger partial charge is 0.418 e. The number of benzene rings is 1. The van der Waals surface area contributed by atoms with Crippen molar-refractivity contribution in [2.75, 3.05) is 152 Å². The van der Waals surface area contributed by atoms with Crippen molar-refractivity contribution in [2.45, 2.75) is 45.5 Å². The monoisotopic (exact) mass is 1110 g/mol. The third-order valence-corrected chi connectivity index (χ3v) is 11.4. The number of nitrogens with two attached hydrogens (primary N) is 1. The fourth-order valence-electron chi connectivity index (χ4n) is 6.79. The van der Waals surface area contributed by atoms with Crippen LogP contribution in [0.25, 0.3) is 6.08 Å². The fraction of sp³-hybridized carbons (Fsp3) is 0.600. The summed E-state index contributed by atoms with van der Waals surface area (Å²) in [5.74, 6) is -9.59. The number of likely N-dealkylation sites (N-methyl/N-ethyl adjacent to an activating group) is 1. The standard InChI is InChI=1S/C50H68F7N5O13S/c1-3-6-62(49(64)37-30-43-41(5-28-76-43)60-44(58)31-37)34-36-29-38(50(55,56)57)42(59-33-36)35-61(2)7-9-66-11-13-68-15-17-70-19-21-72-23-25-74-27-26-73-24-22-71-20-18-69-16-14-67-12-10-65-8-4-45(63)75-48-46(53)39(51)32-40(52)47(48)54/h5,28-30,32-33H,3-4,6-27,31,34-35H2,1-2H3,(H2,58,60). The van der Waals surface area contributed by atoms with Crippen LogP contribution in [0.15, 0.2) is 40.3 Å². The lowest BCUT2D eigenvalue weighted by atomic mass is 10.1. The minimum atomic E-state index is -4.65. The van der Waals surface area contributed by atoms with Crippen LogP contribution in [0.5, 0.6) is 5.75 Å². The normalized spacial score (nSPS) is 12.7. The minimum Gasteiger partial charge on any atom is -0.420 e. The van der Waals surface area contributed by atoms with Gasteiger partial charge in [0.2, 0.25) is 17.4 Å². The number of amides is 1. The molecule has 426 valence electrons. The SMILES string of the molecule is CCCN(Cc1cnc(CN(C)CCOCCOCCOCCOCCOCCOCCOCCOCCOCCOCCC(=O)Oc2c(F)c(F)cc(F)c2F)c(C(F)(F)F)c1)C(=O)C1=Cc2sccc2N=C(N)C1. The molecule has 0 aliphatic carbocycles. The van der Waals surface area contributed by atoms with Crippen molar-refractivity contribution in [3.05, 3.63) is 80.3 Å². The second kappa shape index (κ2) is 36.4. The van der Waals surface area contributed by atoms with Crippen molar-refractivity contribution < 1.29 is 92.4 Å². The minimum absolute atomic E-state index is 0.00899. The van der Waals surface area contributed by atoms with Crippen LogP contribution in [-0.2, 0) is 76.2 Å². The summed E-state index contributed by atoms with van der Waals surface area (Å²) in [7, 11) is 1.69. The van der Waals surface area contributed by atoms with Crippen LogP contribution in [0, 0.1) is 23.3 Å². The molecule has 1 amide bonds. The number of aliphatic imine (C=N–C) groups is 1. The quantitative estimate of drug-likeness (QED) is 0.0212. The number of pyridine rings is 1. The molecule has 0 spiro atoms. The zero-order valence-corrected chi connectivity index (χ0v) is 43.6. The maximum absolute atomic E-state index is 14.3. The molecule has 0 unspecified atom stereocenters. The molecule has 0 saturated heterocycles. The highest BCUT2D eigenvalue weighted by Gasteiger charge is 2.35. The molecule has 76 heavy (non-hydrogen) atoms. The van der Waals surface area contributed by atoms with Gasteiger partial charge in [0.05, 0.1) is 160 Å². The Bertz CT molecular complexity index is 2220. The van der Waals surface area contributed by atoms with E-state index in [1.165, 1.54) is 22.4 Å². The van der Waals surface area contributed by atoms with E-state index < -0.39 is 53.1 Å². The van der Waals surface area contributed by atoms with Gasteiger partial charge in [-0.1, -0.05) is 6.92 Å². The topological polar surface area (TPSA) is 193 Å². The zero-order valence-electron chi connectivity index (χ0n) is 42.8. The number of esters is 1. The highest BCUT2D eigenvalue weighted by Crippen LogP contribution is 2.34. The van der Waals surface area contributed by atoms with E-state index in [1.54, 1.807) is 18.0 Å². The average molecular weight is 1110 g/mol. The molecule has 18 nitrogen and oxygen atoms in total. The molecule has 0 radical (unpaired) electrons. The van der Waals surface area contributed by atoms with Crippen molar-refractivity contribution in [3.8, 4) is 5.75 Å². The number of hydrogen-bond acceptors (Lipinski definition) is 18. The highest BCUT2D eigenvalue weighted by molar-refractivity contribution is 7.11. The number of alkyl halides is 3. The Morgan fingerprint density at radius 3 is 1.62 bits per heavy atom. The van der Waals surface area contributed by atoms with E-state index in [0.717, 1.165) is 10.9 Å². The maximum Gasteiger partial charge on any atom is 0.418 e. The summed E-state index contributed by atoms with van der Waals surface area (Å²) in [4.78, 5) is 38.0. The number of ether oxygens (including phenoxy) is 11. The van der Waals surface area contributed by atoms with Gasteiger partial charge in [-0.2, -0.15) is 22.0 Å². The zero-order chi connectivity index (χ0) is 55.0. The summed E-state index contributed by atoms with van der Waals surface area (Å²) >= 11 is 1.43. The van der Waals surface area contributed by atoms with E-state index >= 15 is 0 Å². The molecule has 2 N–H and O–H groups in total. The molecule has 1 aliphatic heterocycles. The van der Waals surface area contributed by atoms with Gasteiger partial charge in [-0.15, -0.1) is 11.3 Å². The van der Waals surface area contributed by atoms with E-state index in [0.29, 0.717) is 130 Å². The van der Waals surface area contributed by atoms with Crippen LogP contribution in [0.2, 0.25) is 0 Å². The second-order valence-corrected chi connectivity index (χ2v) is 17.5. The highest BCUT2D eigenvalue weighted by atomic mass is 32.1. The molecule has 0 atom stereocenters. The summed E-state index contributed by atoms with van der Waals surface area (Å²) in [6, 6.07) is 2.90. The lowest BCUT2D eigenvalue weighted by Crippen LogP contribution is -2.33. The summed E-state index contributed by atoms with van der Waals surface area (Å²) in [5.41, 5.74) is 6.48. The van der Waals surface area contributed by atoms with Crippen LogP contribution >= 0.6 is 11.3 Å². The Morgan fingerprint density at radius 1 is 0.671 bits per heavy atom. The van der Waals surface area contributed by atoms with E-state index in [4.69, 9.17) is 53.1 Å². The van der Waals surface area contributed by atoms with Crippen LogP contribution in [0.3, 0.4) is 0 Å². The van der Waals surface area contributed by atoms with Crippen molar-refractivity contribution >= 4 is 40.8 Å². The third kappa shape index (κ3) is 24.7. The number of aromatic nitrogens is 1.